The number of nitrogens with one attached hydrogen (secondary N) is 1. The Morgan fingerprint density at radius 2 is 0.726 bits per heavy atom. The third-order valence-electron chi connectivity index (χ3n) is 13.9. The van der Waals surface area contributed by atoms with Gasteiger partial charge in [0.2, 0.25) is 0 Å². The minimum Gasteiger partial charge on any atom is -0.436 e. The van der Waals surface area contributed by atoms with Crippen LogP contribution in [-0.2, 0) is 38.2 Å². The van der Waals surface area contributed by atoms with Crippen molar-refractivity contribution in [2.45, 2.75) is 128 Å². The van der Waals surface area contributed by atoms with Crippen LogP contribution in [0.15, 0.2) is 185 Å². The van der Waals surface area contributed by atoms with Crippen LogP contribution in [0.2, 0.25) is 35.2 Å². The van der Waals surface area contributed by atoms with Crippen LogP contribution >= 0.6 is 92.8 Å². The van der Waals surface area contributed by atoms with Crippen molar-refractivity contribution in [3.05, 3.63) is 275 Å². The first-order valence-corrected chi connectivity index (χ1v) is 34.5. The van der Waals surface area contributed by atoms with Crippen LogP contribution in [0, 0.1) is 0 Å². The molecule has 2 saturated heterocycles. The van der Waals surface area contributed by atoms with Gasteiger partial charge >= 0.3 is 6.09 Å². The van der Waals surface area contributed by atoms with Crippen LogP contribution < -0.4 is 11.1 Å². The van der Waals surface area contributed by atoms with Crippen LogP contribution in [0.3, 0.4) is 0 Å². The van der Waals surface area contributed by atoms with Crippen molar-refractivity contribution in [1.29, 1.82) is 0 Å². The summed E-state index contributed by atoms with van der Waals surface area (Å²) in [6.07, 6.45) is -5.98. The van der Waals surface area contributed by atoms with Crippen molar-refractivity contribution < 1.29 is 73.4 Å². The van der Waals surface area contributed by atoms with Gasteiger partial charge in [-0.3, -0.25) is 33.6 Å². The SMILES string of the molecule is CC(=O)[C@@H](O)[C@@H](N=[N+]=[N-])c1ccc(Cl)cc1.CC(=O)[C@@H](O)[C@H](N)c1ccc(Cl)cc1.CC(=O)[C@@H](O)[C@H](N=[N+]=[N-])c1ccc(Cl)cc1.CC(=O)[C@@H](O)[C@H](N=[N+]=[N-])c1ccc(Cl)cc1.CC(=O)[C@@H]1O[C@@H]1c1ccc(Cl)cc1.CC(=O)[C@H]1OC(=O)N[C@@H]1c1ccc(Cl)cc1.CCCl.CCO.O=Cc1ccc(Cl)cc1. The zero-order chi connectivity index (χ0) is 80.3. The van der Waals surface area contributed by atoms with Gasteiger partial charge in [0.25, 0.3) is 0 Å². The molecule has 0 bridgehead atoms. The monoisotopic (exact) mass is 1620 g/mol. The van der Waals surface area contributed by atoms with Crippen LogP contribution in [-0.4, -0.2) is 122 Å². The van der Waals surface area contributed by atoms with Crippen molar-refractivity contribution in [1.82, 2.24) is 5.32 Å². The molecule has 2 heterocycles. The molecule has 1 amide bonds. The van der Waals surface area contributed by atoms with E-state index in [-0.39, 0.29) is 36.2 Å². The molecule has 12 atom stereocenters. The van der Waals surface area contributed by atoms with E-state index in [4.69, 9.17) is 130 Å². The van der Waals surface area contributed by atoms with Crippen molar-refractivity contribution in [2.24, 2.45) is 21.1 Å². The molecule has 0 saturated carbocycles. The van der Waals surface area contributed by atoms with Gasteiger partial charge < -0.3 is 46.1 Å². The fourth-order valence-corrected chi connectivity index (χ4v) is 9.29. The van der Waals surface area contributed by atoms with Crippen molar-refractivity contribution in [3.63, 3.8) is 0 Å². The molecule has 0 unspecified atom stereocenters. The summed E-state index contributed by atoms with van der Waals surface area (Å²) in [7, 11) is 0. The summed E-state index contributed by atoms with van der Waals surface area (Å²) in [5.41, 5.74) is 35.7. The standard InChI is InChI=1S/C11H10ClNO3.3C10H10ClN3O2.C10H12ClNO2.C10H9ClO2.C7H5ClO.C2H5Cl.C2H6O/c1-6(14)10-9(13-11(15)16-10)7-2-4-8(12)5-3-7;3*1-6(15)10(16)9(13-14-12)7-2-4-8(11)5-3-7;1-6(13)10(14)9(12)7-2-4-8(11)5-3-7;1-6(12)9-10(13-9)7-2-4-8(11)5-3-7;8-7-3-1-6(5-9)2-4-7;2*1-2-3/h2-5,9-10H,1H3,(H,13,15);3*2-5,9-10,16H,1H3;2-5,9-10,14H,12H2,1H3;2-5,9-10H,1H3;1-5H;2H2,1H3;3H,2H2,1H3/t9-,10-;9-,10+;3*9-,10-;9-,10+;;;/m101110.../s1. The largest absolute Gasteiger partial charge is 0.436 e. The fraction of sp³-hybridized carbons (Fsp3) is 0.306. The topological polar surface area (TPSA) is 444 Å². The number of aldehydes is 1. The molecule has 7 aromatic rings. The third-order valence-corrected chi connectivity index (χ3v) is 15.6. The quantitative estimate of drug-likeness (QED) is 0.00931. The highest BCUT2D eigenvalue weighted by Gasteiger charge is 2.43. The Kier molecular flexibility index (Phi) is 46.5. The maximum atomic E-state index is 11.3. The summed E-state index contributed by atoms with van der Waals surface area (Å²) < 4.78 is 10.1. The van der Waals surface area contributed by atoms with Gasteiger partial charge in [-0.2, -0.15) is 0 Å². The van der Waals surface area contributed by atoms with Gasteiger partial charge in [-0.25, -0.2) is 4.79 Å². The summed E-state index contributed by atoms with van der Waals surface area (Å²) in [6.45, 7) is 11.8. The second kappa shape index (κ2) is 51.7. The van der Waals surface area contributed by atoms with Crippen molar-refractivity contribution in [2.75, 3.05) is 12.5 Å². The molecule has 9 rings (SSSR count). The molecule has 26 nitrogen and oxygen atoms in total. The first-order chi connectivity index (χ1) is 50.1. The average molecular weight is 1620 g/mol. The number of benzene rings is 7. The van der Waals surface area contributed by atoms with Crippen LogP contribution in [0.1, 0.15) is 135 Å². The van der Waals surface area contributed by atoms with Gasteiger partial charge in [0.15, 0.2) is 40.8 Å². The number of Topliss-reactive ketones (excluding diaryl/α,β-unsaturated/α-hetero) is 6. The summed E-state index contributed by atoms with van der Waals surface area (Å²) in [4.78, 5) is 95.2. The Bertz CT molecular complexity index is 3870. The Morgan fingerprint density at radius 1 is 0.472 bits per heavy atom. The average Bonchev–Trinajstić information content (AvgIpc) is 1.65. The van der Waals surface area contributed by atoms with Crippen molar-refractivity contribution in [3.8, 4) is 0 Å². The number of ether oxygens (including phenoxy) is 2. The molecule has 2 aliphatic heterocycles. The molecule has 566 valence electrons. The number of aliphatic hydroxyl groups is 5. The zero-order valence-corrected chi connectivity index (χ0v) is 64.1. The second-order valence-corrected chi connectivity index (χ2v) is 25.5. The first kappa shape index (κ1) is 95.5. The molecule has 7 aromatic carbocycles. The summed E-state index contributed by atoms with van der Waals surface area (Å²) >= 11 is 44.8. The Balaban J connectivity index is 0.000000613. The Labute approximate surface area is 651 Å². The number of hydrogen-bond donors (Lipinski definition) is 7. The van der Waals surface area contributed by atoms with E-state index in [1.807, 2.05) is 19.1 Å². The summed E-state index contributed by atoms with van der Waals surface area (Å²) in [5.74, 6) is -1.07. The van der Waals surface area contributed by atoms with Gasteiger partial charge in [0.05, 0.1) is 24.2 Å². The lowest BCUT2D eigenvalue weighted by atomic mass is 10.00. The molecule has 0 aliphatic carbocycles. The number of aliphatic hydroxyl groups excluding tert-OH is 5. The lowest BCUT2D eigenvalue weighted by molar-refractivity contribution is -0.126. The molecular weight excluding hydrogens is 1540 g/mol. The number of carbonyl (C=O) groups is 8. The number of azide groups is 3. The van der Waals surface area contributed by atoms with Crippen molar-refractivity contribution >= 4 is 140 Å². The predicted octanol–water partition coefficient (Wildman–Crippen LogP) is 17.1. The highest BCUT2D eigenvalue weighted by Crippen LogP contribution is 2.39. The second-order valence-electron chi connectivity index (χ2n) is 21.9. The van der Waals surface area contributed by atoms with Crippen LogP contribution in [0.5, 0.6) is 0 Å². The Morgan fingerprint density at radius 3 is 0.972 bits per heavy atom. The number of nitrogens with two attached hydrogens (primary N) is 1. The number of carbonyl (C=O) groups excluding carboxylic acids is 8. The maximum Gasteiger partial charge on any atom is 0.408 e. The molecule has 0 spiro atoms. The van der Waals surface area contributed by atoms with E-state index in [2.05, 4.69) is 35.4 Å². The smallest absolute Gasteiger partial charge is 0.408 e. The molecule has 34 heteroatoms. The van der Waals surface area contributed by atoms with Gasteiger partial charge in [0.1, 0.15) is 49.0 Å². The van der Waals surface area contributed by atoms with E-state index in [1.54, 1.807) is 172 Å². The molecule has 2 aliphatic rings. The highest BCUT2D eigenvalue weighted by molar-refractivity contribution is 6.32. The van der Waals surface area contributed by atoms with E-state index >= 15 is 0 Å². The van der Waals surface area contributed by atoms with E-state index in [1.165, 1.54) is 34.6 Å². The number of hydrogen-bond acceptors (Lipinski definition) is 19. The third kappa shape index (κ3) is 35.7. The van der Waals surface area contributed by atoms with E-state index in [0.717, 1.165) is 23.3 Å². The maximum absolute atomic E-state index is 11.3. The minimum absolute atomic E-state index is 0.0465. The number of alkyl halides is 1. The normalized spacial score (nSPS) is 16.0. The van der Waals surface area contributed by atoms with E-state index in [9.17, 15) is 58.8 Å². The van der Waals surface area contributed by atoms with Gasteiger partial charge in [0, 0.05) is 67.9 Å². The van der Waals surface area contributed by atoms with Gasteiger partial charge in [-0.05, 0) is 183 Å². The van der Waals surface area contributed by atoms with Crippen LogP contribution in [0.4, 0.5) is 4.79 Å². The summed E-state index contributed by atoms with van der Waals surface area (Å²) in [6, 6.07) is 43.1. The summed E-state index contributed by atoms with van der Waals surface area (Å²) in [5, 5.41) is 62.7. The van der Waals surface area contributed by atoms with Gasteiger partial charge in [-0.15, -0.1) is 11.6 Å². The first-order valence-electron chi connectivity index (χ1n) is 31.3. The number of halogens is 8. The van der Waals surface area contributed by atoms with E-state index in [0.29, 0.717) is 63.0 Å². The molecule has 8 N–H and O–H groups in total. The molecule has 0 radical (unpaired) electrons. The molecule has 106 heavy (non-hydrogen) atoms. The molecule has 0 aromatic heterocycles. The lowest BCUT2D eigenvalue weighted by Gasteiger charge is -2.16. The predicted molar refractivity (Wildman–Crippen MR) is 409 cm³/mol. The number of nitrogens with zero attached hydrogens (tertiary/aromatic N) is 9. The van der Waals surface area contributed by atoms with E-state index < -0.39 is 84.2 Å². The number of cyclic esters (lactones) is 1. The van der Waals surface area contributed by atoms with Gasteiger partial charge in [-0.1, -0.05) is 188 Å². The number of alkyl carbamates (subject to hydrolysis) is 1. The number of epoxide rings is 1. The lowest BCUT2D eigenvalue weighted by Crippen LogP contribution is -2.31. The van der Waals surface area contributed by atoms with Crippen LogP contribution in [0.25, 0.3) is 31.3 Å². The molecule has 2 fully saturated rings. The zero-order valence-electron chi connectivity index (χ0n) is 58.0. The number of rotatable bonds is 20. The highest BCUT2D eigenvalue weighted by atomic mass is 35.5. The fourth-order valence-electron chi connectivity index (χ4n) is 8.40. The minimum atomic E-state index is -1.34. The molecular formula is C72H77Cl8N11O15. The Hall–Kier alpha value is -8.53. The number of amides is 1. The number of ketones is 6.